The van der Waals surface area contributed by atoms with Crippen LogP contribution in [0.1, 0.15) is 17.1 Å². The van der Waals surface area contributed by atoms with E-state index in [-0.39, 0.29) is 0 Å². The average Bonchev–Trinajstić information content (AvgIpc) is 2.94. The van der Waals surface area contributed by atoms with Crippen LogP contribution in [0.3, 0.4) is 0 Å². The van der Waals surface area contributed by atoms with E-state index in [1.54, 1.807) is 0 Å². The van der Waals surface area contributed by atoms with E-state index < -0.39 is 0 Å². The second-order valence-corrected chi connectivity index (χ2v) is 4.36. The monoisotopic (exact) mass is 241 g/mol. The lowest BCUT2D eigenvalue weighted by atomic mass is 10.2. The summed E-state index contributed by atoms with van der Waals surface area (Å²) in [6, 6.07) is 10.1. The summed E-state index contributed by atoms with van der Waals surface area (Å²) in [5.41, 5.74) is 8.82. The van der Waals surface area contributed by atoms with Crippen LogP contribution in [0.2, 0.25) is 0 Å². The summed E-state index contributed by atoms with van der Waals surface area (Å²) in [7, 11) is 0. The fraction of sp³-hybridized carbons (Fsp3) is 0.214. The van der Waals surface area contributed by atoms with Crippen LogP contribution in [0.25, 0.3) is 11.0 Å². The van der Waals surface area contributed by atoms with Gasteiger partial charge in [0, 0.05) is 12.1 Å². The topological polar surface area (TPSA) is 57.0 Å². The zero-order valence-electron chi connectivity index (χ0n) is 10.3. The minimum Gasteiger partial charge on any atom is -0.464 e. The van der Waals surface area contributed by atoms with Crippen molar-refractivity contribution in [2.45, 2.75) is 20.0 Å². The number of furan rings is 1. The van der Waals surface area contributed by atoms with Crippen LogP contribution in [-0.2, 0) is 13.1 Å². The molecule has 0 aliphatic rings. The van der Waals surface area contributed by atoms with Crippen molar-refractivity contribution in [3.05, 3.63) is 53.7 Å². The number of benzene rings is 1. The van der Waals surface area contributed by atoms with E-state index >= 15 is 0 Å². The Hall–Kier alpha value is -2.07. The van der Waals surface area contributed by atoms with E-state index in [2.05, 4.69) is 15.6 Å². The Morgan fingerprint density at radius 2 is 2.17 bits per heavy atom. The van der Waals surface area contributed by atoms with Crippen LogP contribution >= 0.6 is 0 Å². The van der Waals surface area contributed by atoms with Crippen molar-refractivity contribution in [1.29, 1.82) is 0 Å². The summed E-state index contributed by atoms with van der Waals surface area (Å²) >= 11 is 0. The molecule has 0 aliphatic heterocycles. The number of para-hydroxylation sites is 2. The Labute approximate surface area is 105 Å². The van der Waals surface area contributed by atoms with Gasteiger partial charge >= 0.3 is 0 Å². The highest BCUT2D eigenvalue weighted by atomic mass is 16.3. The predicted molar refractivity (Wildman–Crippen MR) is 70.2 cm³/mol. The van der Waals surface area contributed by atoms with Gasteiger partial charge in [-0.3, -0.25) is 0 Å². The van der Waals surface area contributed by atoms with Crippen molar-refractivity contribution in [2.75, 3.05) is 0 Å². The van der Waals surface area contributed by atoms with E-state index in [4.69, 9.17) is 10.2 Å². The maximum absolute atomic E-state index is 5.70. The minimum atomic E-state index is 0.514. The molecule has 0 unspecified atom stereocenters. The number of hydrogen-bond acceptors (Lipinski definition) is 3. The van der Waals surface area contributed by atoms with Crippen LogP contribution in [0, 0.1) is 6.92 Å². The Balaban J connectivity index is 1.96. The smallest absolute Gasteiger partial charge is 0.124 e. The Morgan fingerprint density at radius 3 is 2.94 bits per heavy atom. The zero-order chi connectivity index (χ0) is 12.5. The molecule has 4 heteroatoms. The molecule has 0 aliphatic carbocycles. The van der Waals surface area contributed by atoms with E-state index in [9.17, 15) is 0 Å². The molecule has 0 radical (unpaired) electrons. The van der Waals surface area contributed by atoms with Crippen molar-refractivity contribution in [2.24, 2.45) is 5.73 Å². The maximum atomic E-state index is 5.70. The molecular formula is C14H15N3O. The van der Waals surface area contributed by atoms with Gasteiger partial charge < -0.3 is 14.7 Å². The van der Waals surface area contributed by atoms with Gasteiger partial charge in [-0.25, -0.2) is 4.98 Å². The molecule has 1 aromatic carbocycles. The summed E-state index contributed by atoms with van der Waals surface area (Å²) in [5.74, 6) is 1.81. The van der Waals surface area contributed by atoms with E-state index in [1.165, 1.54) is 0 Å². The van der Waals surface area contributed by atoms with Gasteiger partial charge in [-0.1, -0.05) is 12.1 Å². The van der Waals surface area contributed by atoms with Crippen molar-refractivity contribution in [1.82, 2.24) is 9.55 Å². The first-order valence-corrected chi connectivity index (χ1v) is 5.96. The Bertz CT molecular complexity index is 681. The lowest BCUT2D eigenvalue weighted by molar-refractivity contribution is 0.470. The van der Waals surface area contributed by atoms with Crippen LogP contribution < -0.4 is 5.73 Å². The summed E-state index contributed by atoms with van der Waals surface area (Å²) in [4.78, 5) is 4.36. The number of aryl methyl sites for hydroxylation is 1. The molecule has 2 aromatic heterocycles. The molecule has 0 saturated heterocycles. The summed E-state index contributed by atoms with van der Waals surface area (Å²) in [6.07, 6.45) is 1.84. The molecule has 2 heterocycles. The molecule has 18 heavy (non-hydrogen) atoms. The molecule has 0 amide bonds. The highest BCUT2D eigenvalue weighted by Gasteiger charge is 2.08. The van der Waals surface area contributed by atoms with Crippen LogP contribution in [0.15, 0.2) is 41.1 Å². The lowest BCUT2D eigenvalue weighted by Gasteiger charge is -2.00. The fourth-order valence-corrected chi connectivity index (χ4v) is 2.17. The van der Waals surface area contributed by atoms with Gasteiger partial charge in [-0.15, -0.1) is 0 Å². The lowest BCUT2D eigenvalue weighted by Crippen LogP contribution is -1.97. The Morgan fingerprint density at radius 1 is 1.33 bits per heavy atom. The average molecular weight is 241 g/mol. The molecular weight excluding hydrogens is 226 g/mol. The van der Waals surface area contributed by atoms with Gasteiger partial charge in [0.25, 0.3) is 0 Å². The molecule has 3 rings (SSSR count). The SMILES string of the molecule is Cc1oc(Cn2cnc3ccccc32)cc1CN. The molecule has 0 fully saturated rings. The first-order valence-electron chi connectivity index (χ1n) is 5.96. The third-order valence-electron chi connectivity index (χ3n) is 3.15. The molecule has 0 spiro atoms. The standard InChI is InChI=1S/C14H15N3O/c1-10-11(7-15)6-12(18-10)8-17-9-16-13-4-2-3-5-14(13)17/h2-6,9H,7-8,15H2,1H3. The third-order valence-corrected chi connectivity index (χ3v) is 3.15. The number of aromatic nitrogens is 2. The minimum absolute atomic E-state index is 0.514. The van der Waals surface area contributed by atoms with Crippen molar-refractivity contribution in [3.8, 4) is 0 Å². The highest BCUT2D eigenvalue weighted by molar-refractivity contribution is 5.74. The molecule has 0 saturated carbocycles. The van der Waals surface area contributed by atoms with Crippen LogP contribution in [0.5, 0.6) is 0 Å². The largest absolute Gasteiger partial charge is 0.464 e. The number of nitrogens with zero attached hydrogens (tertiary/aromatic N) is 2. The van der Waals surface area contributed by atoms with Gasteiger partial charge in [0.05, 0.1) is 23.9 Å². The van der Waals surface area contributed by atoms with Gasteiger partial charge in [0.1, 0.15) is 11.5 Å². The van der Waals surface area contributed by atoms with E-state index in [0.717, 1.165) is 28.1 Å². The summed E-state index contributed by atoms with van der Waals surface area (Å²) in [5, 5.41) is 0. The number of imidazole rings is 1. The van der Waals surface area contributed by atoms with Crippen LogP contribution in [0.4, 0.5) is 0 Å². The van der Waals surface area contributed by atoms with E-state index in [1.807, 2.05) is 37.5 Å². The third kappa shape index (κ3) is 1.80. The normalized spacial score (nSPS) is 11.2. The van der Waals surface area contributed by atoms with Crippen molar-refractivity contribution >= 4 is 11.0 Å². The highest BCUT2D eigenvalue weighted by Crippen LogP contribution is 2.18. The second-order valence-electron chi connectivity index (χ2n) is 4.36. The molecule has 0 atom stereocenters. The molecule has 2 N–H and O–H groups in total. The number of fused-ring (bicyclic) bond motifs is 1. The molecule has 0 bridgehead atoms. The van der Waals surface area contributed by atoms with Gasteiger partial charge in [-0.05, 0) is 25.1 Å². The number of nitrogens with two attached hydrogens (primary N) is 1. The van der Waals surface area contributed by atoms with Crippen molar-refractivity contribution < 1.29 is 4.42 Å². The fourth-order valence-electron chi connectivity index (χ4n) is 2.17. The van der Waals surface area contributed by atoms with Crippen LogP contribution in [-0.4, -0.2) is 9.55 Å². The van der Waals surface area contributed by atoms with Crippen molar-refractivity contribution in [3.63, 3.8) is 0 Å². The molecule has 4 nitrogen and oxygen atoms in total. The second kappa shape index (κ2) is 4.31. The predicted octanol–water partition coefficient (Wildman–Crippen LogP) is 2.44. The first kappa shape index (κ1) is 11.0. The number of hydrogen-bond donors (Lipinski definition) is 1. The summed E-state index contributed by atoms with van der Waals surface area (Å²) in [6.45, 7) is 3.14. The number of rotatable bonds is 3. The quantitative estimate of drug-likeness (QED) is 0.766. The van der Waals surface area contributed by atoms with E-state index in [0.29, 0.717) is 13.1 Å². The van der Waals surface area contributed by atoms with Gasteiger partial charge in [0.15, 0.2) is 0 Å². The zero-order valence-corrected chi connectivity index (χ0v) is 10.3. The molecule has 92 valence electrons. The maximum Gasteiger partial charge on any atom is 0.124 e. The molecule has 3 aromatic rings. The Kier molecular flexibility index (Phi) is 2.64. The summed E-state index contributed by atoms with van der Waals surface area (Å²) < 4.78 is 7.78. The van der Waals surface area contributed by atoms with Gasteiger partial charge in [-0.2, -0.15) is 0 Å². The first-order chi connectivity index (χ1) is 8.78. The van der Waals surface area contributed by atoms with Gasteiger partial charge in [0.2, 0.25) is 0 Å².